The Morgan fingerprint density at radius 3 is 2.89 bits per heavy atom. The number of carbonyl (C=O) groups excluding carboxylic acids is 2. The van der Waals surface area contributed by atoms with E-state index in [9.17, 15) is 9.59 Å². The number of thioether (sulfide) groups is 1. The van der Waals surface area contributed by atoms with Crippen LogP contribution in [-0.2, 0) is 9.59 Å². The second-order valence-corrected chi connectivity index (χ2v) is 7.99. The van der Waals surface area contributed by atoms with Crippen molar-refractivity contribution < 1.29 is 19.1 Å². The van der Waals surface area contributed by atoms with Gasteiger partial charge in [-0.25, -0.2) is 0 Å². The molecular weight excluding hydrogens is 366 g/mol. The normalized spacial score (nSPS) is 24.2. The Morgan fingerprint density at radius 1 is 1.30 bits per heavy atom. The molecule has 0 aliphatic carbocycles. The lowest BCUT2D eigenvalue weighted by Crippen LogP contribution is -2.36. The summed E-state index contributed by atoms with van der Waals surface area (Å²) >= 11 is 1.42. The van der Waals surface area contributed by atoms with Crippen molar-refractivity contribution in [1.82, 2.24) is 9.80 Å². The van der Waals surface area contributed by atoms with Crippen LogP contribution in [0.1, 0.15) is 30.9 Å². The van der Waals surface area contributed by atoms with E-state index in [4.69, 9.17) is 9.47 Å². The van der Waals surface area contributed by atoms with Crippen molar-refractivity contribution in [3.05, 3.63) is 23.8 Å². The zero-order valence-corrected chi connectivity index (χ0v) is 16.3. The van der Waals surface area contributed by atoms with Crippen LogP contribution in [0.15, 0.2) is 23.2 Å². The Kier molecular flexibility index (Phi) is 4.99. The number of rotatable bonds is 5. The van der Waals surface area contributed by atoms with Crippen LogP contribution in [0.5, 0.6) is 11.5 Å². The second-order valence-electron chi connectivity index (χ2n) is 6.82. The van der Waals surface area contributed by atoms with E-state index in [0.717, 1.165) is 35.1 Å². The van der Waals surface area contributed by atoms with Crippen LogP contribution < -0.4 is 9.47 Å². The molecule has 0 unspecified atom stereocenters. The average Bonchev–Trinajstić information content (AvgIpc) is 3.40. The fourth-order valence-electron chi connectivity index (χ4n) is 3.97. The summed E-state index contributed by atoms with van der Waals surface area (Å²) in [6, 6.07) is 5.67. The molecule has 0 N–H and O–H groups in total. The minimum Gasteiger partial charge on any atom is -0.497 e. The van der Waals surface area contributed by atoms with Gasteiger partial charge in [0.2, 0.25) is 11.8 Å². The Labute approximate surface area is 162 Å². The number of fused-ring (bicyclic) bond motifs is 1. The van der Waals surface area contributed by atoms with Crippen molar-refractivity contribution in [2.45, 2.75) is 30.6 Å². The first-order valence-corrected chi connectivity index (χ1v) is 10.0. The maximum absolute atomic E-state index is 13.0. The molecule has 4 rings (SSSR count). The van der Waals surface area contributed by atoms with Crippen molar-refractivity contribution in [2.24, 2.45) is 4.99 Å². The molecule has 1 aromatic rings. The van der Waals surface area contributed by atoms with Gasteiger partial charge in [-0.3, -0.25) is 19.5 Å². The van der Waals surface area contributed by atoms with E-state index in [-0.39, 0.29) is 29.5 Å². The molecule has 2 fully saturated rings. The molecule has 27 heavy (non-hydrogen) atoms. The van der Waals surface area contributed by atoms with Crippen molar-refractivity contribution >= 4 is 28.7 Å². The maximum Gasteiger partial charge on any atom is 0.242 e. The van der Waals surface area contributed by atoms with Crippen LogP contribution in [0.25, 0.3) is 0 Å². The van der Waals surface area contributed by atoms with Crippen LogP contribution in [0.4, 0.5) is 0 Å². The molecule has 0 spiro atoms. The number of benzene rings is 1. The molecule has 144 valence electrons. The molecule has 3 aliphatic heterocycles. The molecule has 1 aromatic carbocycles. The second kappa shape index (κ2) is 7.42. The van der Waals surface area contributed by atoms with E-state index in [0.29, 0.717) is 19.6 Å². The highest BCUT2D eigenvalue weighted by atomic mass is 32.2. The number of ether oxygens (including phenoxy) is 2. The predicted molar refractivity (Wildman–Crippen MR) is 103 cm³/mol. The first-order valence-electron chi connectivity index (χ1n) is 9.16. The van der Waals surface area contributed by atoms with Gasteiger partial charge in [-0.2, -0.15) is 0 Å². The van der Waals surface area contributed by atoms with E-state index in [1.54, 1.807) is 19.1 Å². The third-order valence-corrected chi connectivity index (χ3v) is 6.54. The van der Waals surface area contributed by atoms with Crippen LogP contribution in [0.2, 0.25) is 0 Å². The molecular formula is C19H23N3O4S. The molecule has 0 bridgehead atoms. The molecule has 2 amide bonds. The van der Waals surface area contributed by atoms with Crippen LogP contribution in [-0.4, -0.2) is 65.9 Å². The lowest BCUT2D eigenvalue weighted by atomic mass is 10.0. The Morgan fingerprint density at radius 2 is 2.15 bits per heavy atom. The summed E-state index contributed by atoms with van der Waals surface area (Å²) in [5, 5.41) is 0.420. The number of amides is 2. The smallest absolute Gasteiger partial charge is 0.242 e. The Bertz CT molecular complexity index is 797. The molecule has 7 nitrogen and oxygen atoms in total. The highest BCUT2D eigenvalue weighted by molar-refractivity contribution is 8.15. The molecule has 2 atom stereocenters. The number of likely N-dealkylation sites (tertiary alicyclic amines) is 1. The first kappa shape index (κ1) is 18.2. The first-order chi connectivity index (χ1) is 13.1. The van der Waals surface area contributed by atoms with E-state index < -0.39 is 0 Å². The third-order valence-electron chi connectivity index (χ3n) is 5.32. The average molecular weight is 389 g/mol. The fraction of sp³-hybridized carbons (Fsp3) is 0.526. The van der Waals surface area contributed by atoms with Gasteiger partial charge >= 0.3 is 0 Å². The lowest BCUT2D eigenvalue weighted by molar-refractivity contribution is -0.135. The van der Waals surface area contributed by atoms with E-state index in [1.807, 2.05) is 23.1 Å². The van der Waals surface area contributed by atoms with Crippen LogP contribution in [0, 0.1) is 0 Å². The molecule has 0 saturated carbocycles. The number of methoxy groups -OCH3 is 2. The standard InChI is InChI=1S/C19H23N3O4S/c1-25-12-5-6-13(15(10-12)26-2)14-4-3-8-21(14)17(23)11-16-18(24)22-9-7-20-19(22)27-16/h5-6,10,14,16H,3-4,7-9,11H2,1-2H3/t14-,16-/m1/s1. The Hall–Kier alpha value is -2.22. The van der Waals surface area contributed by atoms with Gasteiger partial charge in [0, 0.05) is 31.1 Å². The quantitative estimate of drug-likeness (QED) is 0.771. The van der Waals surface area contributed by atoms with Crippen molar-refractivity contribution in [2.75, 3.05) is 33.9 Å². The largest absolute Gasteiger partial charge is 0.497 e. The van der Waals surface area contributed by atoms with Gasteiger partial charge in [-0.1, -0.05) is 11.8 Å². The highest BCUT2D eigenvalue weighted by Gasteiger charge is 2.42. The summed E-state index contributed by atoms with van der Waals surface area (Å²) in [7, 11) is 3.24. The van der Waals surface area contributed by atoms with Gasteiger partial charge < -0.3 is 14.4 Å². The molecule has 0 aromatic heterocycles. The van der Waals surface area contributed by atoms with Crippen LogP contribution in [0.3, 0.4) is 0 Å². The molecule has 3 aliphatic rings. The highest BCUT2D eigenvalue weighted by Crippen LogP contribution is 2.40. The van der Waals surface area contributed by atoms with E-state index in [2.05, 4.69) is 4.99 Å². The Balaban J connectivity index is 1.50. The number of hydrogen-bond donors (Lipinski definition) is 0. The summed E-state index contributed by atoms with van der Waals surface area (Å²) < 4.78 is 10.8. The van der Waals surface area contributed by atoms with Gasteiger partial charge in [0.05, 0.1) is 26.8 Å². The SMILES string of the molecule is COc1ccc([C@H]2CCCN2C(=O)C[C@H]2SC3=NCCN3C2=O)c(OC)c1. The number of nitrogens with zero attached hydrogens (tertiary/aromatic N) is 3. The summed E-state index contributed by atoms with van der Waals surface area (Å²) in [6.45, 7) is 2.01. The zero-order valence-electron chi connectivity index (χ0n) is 15.5. The van der Waals surface area contributed by atoms with Gasteiger partial charge in [0.25, 0.3) is 0 Å². The predicted octanol–water partition coefficient (Wildman–Crippen LogP) is 2.07. The summed E-state index contributed by atoms with van der Waals surface area (Å²) in [4.78, 5) is 33.4. The van der Waals surface area contributed by atoms with Gasteiger partial charge in [-0.15, -0.1) is 0 Å². The van der Waals surface area contributed by atoms with Gasteiger partial charge in [0.1, 0.15) is 16.7 Å². The molecule has 0 radical (unpaired) electrons. The van der Waals surface area contributed by atoms with E-state index >= 15 is 0 Å². The van der Waals surface area contributed by atoms with Gasteiger partial charge in [0.15, 0.2) is 5.17 Å². The molecule has 2 saturated heterocycles. The summed E-state index contributed by atoms with van der Waals surface area (Å²) in [6.07, 6.45) is 2.04. The zero-order chi connectivity index (χ0) is 19.0. The van der Waals surface area contributed by atoms with Crippen molar-refractivity contribution in [3.8, 4) is 11.5 Å². The topological polar surface area (TPSA) is 71.4 Å². The minimum absolute atomic E-state index is 0.0161. The number of aliphatic imine (C=N–C) groups is 1. The maximum atomic E-state index is 13.0. The number of carbonyl (C=O) groups is 2. The third kappa shape index (κ3) is 3.26. The molecule has 8 heteroatoms. The lowest BCUT2D eigenvalue weighted by Gasteiger charge is -2.27. The summed E-state index contributed by atoms with van der Waals surface area (Å²) in [5.41, 5.74) is 0.986. The van der Waals surface area contributed by atoms with Crippen molar-refractivity contribution in [1.29, 1.82) is 0 Å². The number of amidine groups is 1. The fourth-order valence-corrected chi connectivity index (χ4v) is 5.15. The summed E-state index contributed by atoms with van der Waals surface area (Å²) in [5.74, 6) is 1.48. The van der Waals surface area contributed by atoms with Gasteiger partial charge in [-0.05, 0) is 25.0 Å². The van der Waals surface area contributed by atoms with Crippen molar-refractivity contribution in [3.63, 3.8) is 0 Å². The van der Waals surface area contributed by atoms with E-state index in [1.165, 1.54) is 11.8 Å². The number of hydrogen-bond acceptors (Lipinski definition) is 6. The monoisotopic (exact) mass is 389 g/mol. The molecule has 3 heterocycles. The van der Waals surface area contributed by atoms with Crippen LogP contribution >= 0.6 is 11.8 Å². The minimum atomic E-state index is -0.351.